The molecule has 0 radical (unpaired) electrons. The van der Waals surface area contributed by atoms with Gasteiger partial charge in [-0.15, -0.1) is 12.6 Å². The van der Waals surface area contributed by atoms with Crippen LogP contribution < -0.4 is 0 Å². The van der Waals surface area contributed by atoms with Crippen molar-refractivity contribution in [3.05, 3.63) is 0 Å². The van der Waals surface area contributed by atoms with E-state index in [0.717, 1.165) is 0 Å². The van der Waals surface area contributed by atoms with Gasteiger partial charge in [-0.3, -0.25) is 20.9 Å². The van der Waals surface area contributed by atoms with Crippen molar-refractivity contribution >= 4 is 63.2 Å². The van der Waals surface area contributed by atoms with Crippen molar-refractivity contribution < 1.29 is 82.5 Å². The van der Waals surface area contributed by atoms with Gasteiger partial charge in [0.15, 0.2) is 0 Å². The molecule has 1 aromatic carbocycles. The average Bonchev–Trinajstić information content (AvgIpc) is 2.71. The fraction of sp³-hybridized carbons (Fsp3) is 0.455. The Hall–Kier alpha value is -0.257. The third-order valence-corrected chi connectivity index (χ3v) is 11.6. The Balaban J connectivity index is 0.0000102. The van der Waals surface area contributed by atoms with E-state index >= 15 is 0 Å². The summed E-state index contributed by atoms with van der Waals surface area (Å²) in [6.45, 7) is 0. The molecule has 0 bridgehead atoms. The zero-order chi connectivity index (χ0) is 25.5. The van der Waals surface area contributed by atoms with E-state index < -0.39 is 80.0 Å². The maximum Gasteiger partial charge on any atom is 0.299 e. The Morgan fingerprint density at radius 2 is 0.576 bits per heavy atom. The first kappa shape index (κ1) is 32.7. The molecule has 188 valence electrons. The Labute approximate surface area is 209 Å². The average molecular weight is 646 g/mol. The molecular formula is C11H16O15S6Zn. The molecule has 0 unspecified atom stereocenters. The number of rotatable bonds is 10. The second-order valence-electron chi connectivity index (χ2n) is 5.10. The van der Waals surface area contributed by atoms with E-state index in [1.54, 1.807) is 0 Å². The monoisotopic (exact) mass is 644 g/mol. The van der Waals surface area contributed by atoms with E-state index in [1.807, 2.05) is 0 Å². The fourth-order valence-corrected chi connectivity index (χ4v) is 10.1. The van der Waals surface area contributed by atoms with Crippen molar-refractivity contribution in [2.75, 3.05) is 35.5 Å². The summed E-state index contributed by atoms with van der Waals surface area (Å²) in [5.41, 5.74) is 0. The van der Waals surface area contributed by atoms with Gasteiger partial charge in [0.2, 0.25) is 0 Å². The minimum atomic E-state index is -5.54. The molecule has 0 aliphatic rings. The summed E-state index contributed by atoms with van der Waals surface area (Å²) in [6, 6.07) is 0. The summed E-state index contributed by atoms with van der Waals surface area (Å²) < 4.78 is 147. The standard InChI is InChI=1S/C11H16O15S6.Zn/c1-22-28(12,13)7-6(27)8(29(14,15)23-2)10(31(18,19)25-4)11(32(20,21)26-5)9(7)30(16,17)24-3;/h27H,1-5H3;. The topological polar surface area (TPSA) is 217 Å². The predicted octanol–water partition coefficient (Wildman–Crippen LogP) is -1.35. The molecule has 0 aliphatic heterocycles. The molecule has 0 amide bonds. The predicted molar refractivity (Wildman–Crippen MR) is 105 cm³/mol. The molecule has 0 spiro atoms. The molecule has 0 fully saturated rings. The zero-order valence-corrected chi connectivity index (χ0v) is 25.3. The fourth-order valence-electron chi connectivity index (χ4n) is 2.19. The quantitative estimate of drug-likeness (QED) is 0.177. The van der Waals surface area contributed by atoms with Crippen LogP contribution in [-0.4, -0.2) is 77.6 Å². The summed E-state index contributed by atoms with van der Waals surface area (Å²) >= 11 is 3.67. The molecule has 15 nitrogen and oxygen atoms in total. The number of benzene rings is 1. The SMILES string of the molecule is COS(=O)(=O)c1c(S)c(S(=O)(=O)OC)c(S(=O)(=O)OC)c(S(=O)(=O)OC)c1S(=O)(=O)OC.[Zn]. The van der Waals surface area contributed by atoms with Crippen LogP contribution in [0.4, 0.5) is 0 Å². The van der Waals surface area contributed by atoms with Crippen molar-refractivity contribution in [2.24, 2.45) is 0 Å². The van der Waals surface area contributed by atoms with Crippen LogP contribution in [-0.2, 0) is 91.0 Å². The molecule has 1 aromatic rings. The molecule has 0 saturated carbocycles. The van der Waals surface area contributed by atoms with E-state index in [2.05, 4.69) is 33.5 Å². The molecule has 22 heteroatoms. The van der Waals surface area contributed by atoms with Crippen LogP contribution in [0.25, 0.3) is 0 Å². The van der Waals surface area contributed by atoms with Crippen molar-refractivity contribution in [3.63, 3.8) is 0 Å². The van der Waals surface area contributed by atoms with Gasteiger partial charge >= 0.3 is 0 Å². The summed E-state index contributed by atoms with van der Waals surface area (Å²) in [7, 11) is -24.6. The zero-order valence-electron chi connectivity index (χ0n) is 17.3. The van der Waals surface area contributed by atoms with Gasteiger partial charge in [0.25, 0.3) is 50.6 Å². The Morgan fingerprint density at radius 3 is 0.758 bits per heavy atom. The van der Waals surface area contributed by atoms with Gasteiger partial charge in [-0.05, 0) is 0 Å². The Bertz CT molecular complexity index is 1360. The van der Waals surface area contributed by atoms with Crippen molar-refractivity contribution in [1.29, 1.82) is 0 Å². The minimum Gasteiger partial charge on any atom is -0.270 e. The molecule has 0 saturated heterocycles. The second kappa shape index (κ2) is 10.8. The van der Waals surface area contributed by atoms with Crippen LogP contribution >= 0.6 is 12.6 Å². The first-order chi connectivity index (χ1) is 14.3. The third-order valence-electron chi connectivity index (χ3n) is 3.60. The van der Waals surface area contributed by atoms with Crippen molar-refractivity contribution in [2.45, 2.75) is 29.4 Å². The Kier molecular flexibility index (Phi) is 10.7. The Morgan fingerprint density at radius 1 is 0.424 bits per heavy atom. The largest absolute Gasteiger partial charge is 0.299 e. The maximum absolute atomic E-state index is 12.7. The third kappa shape index (κ3) is 5.94. The van der Waals surface area contributed by atoms with E-state index in [9.17, 15) is 42.1 Å². The smallest absolute Gasteiger partial charge is 0.270 e. The van der Waals surface area contributed by atoms with Crippen LogP contribution in [0, 0.1) is 0 Å². The van der Waals surface area contributed by atoms with Gasteiger partial charge < -0.3 is 0 Å². The van der Waals surface area contributed by atoms with Crippen LogP contribution in [0.15, 0.2) is 29.4 Å². The number of thiol groups is 1. The van der Waals surface area contributed by atoms with E-state index in [1.165, 1.54) is 0 Å². The summed E-state index contributed by atoms with van der Waals surface area (Å²) in [5, 5.41) is 0. The van der Waals surface area contributed by atoms with Crippen molar-refractivity contribution in [1.82, 2.24) is 0 Å². The number of hydrogen-bond donors (Lipinski definition) is 1. The van der Waals surface area contributed by atoms with Gasteiger partial charge in [-0.1, -0.05) is 0 Å². The molecule has 0 aliphatic carbocycles. The minimum absolute atomic E-state index is 0. The van der Waals surface area contributed by atoms with E-state index in [4.69, 9.17) is 0 Å². The van der Waals surface area contributed by atoms with E-state index in [-0.39, 0.29) is 19.5 Å². The first-order valence-electron chi connectivity index (χ1n) is 7.29. The molecule has 0 atom stereocenters. The van der Waals surface area contributed by atoms with Gasteiger partial charge in [-0.25, -0.2) is 0 Å². The van der Waals surface area contributed by atoms with Crippen LogP contribution in [0.1, 0.15) is 0 Å². The summed E-state index contributed by atoms with van der Waals surface area (Å²) in [5.74, 6) is 0. The van der Waals surface area contributed by atoms with Gasteiger partial charge in [0, 0.05) is 24.4 Å². The van der Waals surface area contributed by atoms with Crippen LogP contribution in [0.2, 0.25) is 0 Å². The van der Waals surface area contributed by atoms with Crippen LogP contribution in [0.5, 0.6) is 0 Å². The summed E-state index contributed by atoms with van der Waals surface area (Å²) in [4.78, 5) is -10.5. The number of hydrogen-bond acceptors (Lipinski definition) is 16. The molecule has 33 heavy (non-hydrogen) atoms. The molecule has 0 N–H and O–H groups in total. The van der Waals surface area contributed by atoms with E-state index in [0.29, 0.717) is 35.5 Å². The van der Waals surface area contributed by atoms with Crippen LogP contribution in [0.3, 0.4) is 0 Å². The molecule has 1 rings (SSSR count). The van der Waals surface area contributed by atoms with Crippen molar-refractivity contribution in [3.8, 4) is 0 Å². The van der Waals surface area contributed by atoms with Gasteiger partial charge in [0.05, 0.1) is 35.5 Å². The maximum atomic E-state index is 12.7. The molecular weight excluding hydrogens is 630 g/mol. The normalized spacial score (nSPS) is 13.5. The summed E-state index contributed by atoms with van der Waals surface area (Å²) in [6.07, 6.45) is 0. The first-order valence-corrected chi connectivity index (χ1v) is 14.8. The second-order valence-corrected chi connectivity index (χ2v) is 13.8. The molecule has 0 aromatic heterocycles. The van der Waals surface area contributed by atoms with Gasteiger partial charge in [-0.2, -0.15) is 42.1 Å². The van der Waals surface area contributed by atoms with Gasteiger partial charge in [0.1, 0.15) is 24.5 Å². The molecule has 0 heterocycles.